The standard InChI is InChI=1S/C44H78NO9P/c1-6-8-10-11-12-13-14-15-16-20-23-26-30-34-43(46)50-38-40(39-52-55(48,49)51-37-36-45(3,4)5)53-44(47)35-31-27-24-21-18-17-19-22-25-29-33-42-41(54-42)32-28-9-7-2/h13-14,17,19,21,24-25,29,40-42H,6-12,15-16,18,20,22-23,26-28,30-39H2,1-5H3/p+1/b14-13-,19-17-,24-21-,29-25-/t40-,41?,42?/m1/s1. The summed E-state index contributed by atoms with van der Waals surface area (Å²) < 4.78 is 39.9. The van der Waals surface area contributed by atoms with E-state index in [0.29, 0.717) is 36.1 Å². The molecule has 0 spiro atoms. The summed E-state index contributed by atoms with van der Waals surface area (Å²) in [6, 6.07) is 0. The third-order valence-electron chi connectivity index (χ3n) is 9.26. The lowest BCUT2D eigenvalue weighted by molar-refractivity contribution is -0.870. The van der Waals surface area contributed by atoms with Crippen LogP contribution in [0.25, 0.3) is 0 Å². The molecule has 1 N–H and O–H groups in total. The van der Waals surface area contributed by atoms with Crippen molar-refractivity contribution in [3.63, 3.8) is 0 Å². The van der Waals surface area contributed by atoms with Crippen molar-refractivity contribution in [2.45, 2.75) is 173 Å². The number of phosphoric ester groups is 1. The van der Waals surface area contributed by atoms with Crippen LogP contribution in [0.5, 0.6) is 0 Å². The number of phosphoric acid groups is 1. The topological polar surface area (TPSA) is 121 Å². The highest BCUT2D eigenvalue weighted by atomic mass is 31.2. The first-order valence-electron chi connectivity index (χ1n) is 21.5. The van der Waals surface area contributed by atoms with Crippen molar-refractivity contribution < 1.29 is 46.8 Å². The van der Waals surface area contributed by atoms with Gasteiger partial charge in [0.25, 0.3) is 0 Å². The van der Waals surface area contributed by atoms with E-state index in [1.165, 1.54) is 57.8 Å². The zero-order chi connectivity index (χ0) is 40.5. The van der Waals surface area contributed by atoms with Crippen molar-refractivity contribution in [2.75, 3.05) is 47.5 Å². The number of ether oxygens (including phenoxy) is 3. The molecule has 0 radical (unpaired) electrons. The summed E-state index contributed by atoms with van der Waals surface area (Å²) in [5, 5.41) is 0. The van der Waals surface area contributed by atoms with Gasteiger partial charge in [0.15, 0.2) is 6.10 Å². The zero-order valence-corrected chi connectivity index (χ0v) is 36.2. The van der Waals surface area contributed by atoms with E-state index < -0.39 is 32.5 Å². The van der Waals surface area contributed by atoms with Gasteiger partial charge in [0, 0.05) is 12.8 Å². The predicted octanol–water partition coefficient (Wildman–Crippen LogP) is 10.9. The predicted molar refractivity (Wildman–Crippen MR) is 224 cm³/mol. The Morgan fingerprint density at radius 1 is 0.673 bits per heavy atom. The molecule has 0 saturated carbocycles. The van der Waals surface area contributed by atoms with Gasteiger partial charge in [0.1, 0.15) is 19.8 Å². The van der Waals surface area contributed by atoms with Crippen LogP contribution in [0.3, 0.4) is 0 Å². The molecule has 318 valence electrons. The van der Waals surface area contributed by atoms with Gasteiger partial charge in [-0.2, -0.15) is 0 Å². The lowest BCUT2D eigenvalue weighted by Crippen LogP contribution is -2.37. The van der Waals surface area contributed by atoms with E-state index >= 15 is 0 Å². The van der Waals surface area contributed by atoms with Crippen LogP contribution in [0.1, 0.15) is 155 Å². The average molecular weight is 797 g/mol. The Balaban J connectivity index is 2.34. The molecule has 1 fully saturated rings. The van der Waals surface area contributed by atoms with E-state index in [4.69, 9.17) is 23.3 Å². The van der Waals surface area contributed by atoms with Crippen LogP contribution >= 0.6 is 7.82 Å². The highest BCUT2D eigenvalue weighted by molar-refractivity contribution is 7.47. The smallest absolute Gasteiger partial charge is 0.462 e. The average Bonchev–Trinajstić information content (AvgIpc) is 3.89. The fraction of sp³-hybridized carbons (Fsp3) is 0.773. The molecule has 0 amide bonds. The molecule has 55 heavy (non-hydrogen) atoms. The van der Waals surface area contributed by atoms with Gasteiger partial charge in [0.05, 0.1) is 40.0 Å². The maximum Gasteiger partial charge on any atom is 0.472 e. The number of nitrogens with zero attached hydrogens (tertiary/aromatic N) is 1. The summed E-state index contributed by atoms with van der Waals surface area (Å²) in [5.41, 5.74) is 0. The van der Waals surface area contributed by atoms with Gasteiger partial charge in [-0.25, -0.2) is 4.57 Å². The van der Waals surface area contributed by atoms with Crippen LogP contribution in [0.15, 0.2) is 48.6 Å². The maximum absolute atomic E-state index is 12.7. The first-order chi connectivity index (χ1) is 26.5. The second kappa shape index (κ2) is 33.0. The van der Waals surface area contributed by atoms with Crippen molar-refractivity contribution in [3.05, 3.63) is 48.6 Å². The number of hydrogen-bond acceptors (Lipinski definition) is 8. The second-order valence-corrected chi connectivity index (χ2v) is 17.2. The zero-order valence-electron chi connectivity index (χ0n) is 35.3. The molecule has 0 aromatic rings. The molecule has 3 unspecified atom stereocenters. The van der Waals surface area contributed by atoms with Crippen LogP contribution in [-0.4, -0.2) is 87.1 Å². The van der Waals surface area contributed by atoms with E-state index in [0.717, 1.165) is 57.8 Å². The van der Waals surface area contributed by atoms with Crippen molar-refractivity contribution in [1.82, 2.24) is 0 Å². The molecule has 0 aromatic heterocycles. The van der Waals surface area contributed by atoms with Gasteiger partial charge in [-0.15, -0.1) is 0 Å². The minimum Gasteiger partial charge on any atom is -0.462 e. The molecular formula is C44H79NO9P+. The van der Waals surface area contributed by atoms with E-state index in [1.54, 1.807) is 0 Å². The van der Waals surface area contributed by atoms with Crippen LogP contribution in [0, 0.1) is 0 Å². The van der Waals surface area contributed by atoms with Crippen LogP contribution < -0.4 is 0 Å². The summed E-state index contributed by atoms with van der Waals surface area (Å²) in [7, 11) is 1.42. The normalized spacial score (nSPS) is 17.8. The third-order valence-corrected chi connectivity index (χ3v) is 10.2. The quantitative estimate of drug-likeness (QED) is 0.0163. The lowest BCUT2D eigenvalue weighted by atomic mass is 10.1. The molecule has 1 aliphatic heterocycles. The Kier molecular flexibility index (Phi) is 30.5. The number of esters is 2. The van der Waals surface area contributed by atoms with Gasteiger partial charge in [-0.1, -0.05) is 120 Å². The van der Waals surface area contributed by atoms with E-state index in [1.807, 2.05) is 27.2 Å². The first kappa shape index (κ1) is 50.9. The number of likely N-dealkylation sites (N-methyl/N-ethyl adjacent to an activating group) is 1. The van der Waals surface area contributed by atoms with Crippen LogP contribution in [-0.2, 0) is 37.4 Å². The summed E-state index contributed by atoms with van der Waals surface area (Å²) in [4.78, 5) is 35.3. The Labute approximate surface area is 335 Å². The molecule has 10 nitrogen and oxygen atoms in total. The monoisotopic (exact) mass is 797 g/mol. The number of rotatable bonds is 37. The number of hydrogen-bond donors (Lipinski definition) is 1. The largest absolute Gasteiger partial charge is 0.472 e. The third kappa shape index (κ3) is 33.8. The molecule has 0 bridgehead atoms. The van der Waals surface area contributed by atoms with Gasteiger partial charge in [0.2, 0.25) is 0 Å². The molecule has 0 aliphatic carbocycles. The van der Waals surface area contributed by atoms with Gasteiger partial charge >= 0.3 is 19.8 Å². The van der Waals surface area contributed by atoms with E-state index in [2.05, 4.69) is 56.4 Å². The fourth-order valence-electron chi connectivity index (χ4n) is 5.74. The molecule has 1 saturated heterocycles. The summed E-state index contributed by atoms with van der Waals surface area (Å²) in [5.74, 6) is -0.883. The highest BCUT2D eigenvalue weighted by Gasteiger charge is 2.36. The van der Waals surface area contributed by atoms with Gasteiger partial charge < -0.3 is 23.6 Å². The number of carbonyl (C=O) groups is 2. The number of allylic oxidation sites excluding steroid dienone is 7. The molecule has 0 aromatic carbocycles. The summed E-state index contributed by atoms with van der Waals surface area (Å²) >= 11 is 0. The number of epoxide rings is 1. The minimum absolute atomic E-state index is 0.0166. The maximum atomic E-state index is 12.7. The molecular weight excluding hydrogens is 717 g/mol. The second-order valence-electron chi connectivity index (χ2n) is 15.8. The van der Waals surface area contributed by atoms with Gasteiger partial charge in [-0.3, -0.25) is 18.6 Å². The molecule has 4 atom stereocenters. The number of unbranched alkanes of at least 4 members (excludes halogenated alkanes) is 12. The van der Waals surface area contributed by atoms with Crippen molar-refractivity contribution >= 4 is 19.8 Å². The Bertz CT molecular complexity index is 1150. The van der Waals surface area contributed by atoms with Crippen molar-refractivity contribution in [2.24, 2.45) is 0 Å². The SMILES string of the molecule is CCCCCC/C=C\CCCCCCCC(=O)OC[C@H](COP(=O)(O)OCC[N+](C)(C)C)OC(=O)CCC/C=C\C/C=C\C/C=C\CC1OC1CCCCC. The number of quaternary nitrogens is 1. The molecule has 1 rings (SSSR count). The fourth-order valence-corrected chi connectivity index (χ4v) is 6.48. The van der Waals surface area contributed by atoms with Crippen molar-refractivity contribution in [1.29, 1.82) is 0 Å². The first-order valence-corrected chi connectivity index (χ1v) is 23.0. The van der Waals surface area contributed by atoms with E-state index in [-0.39, 0.29) is 26.1 Å². The number of carbonyl (C=O) groups excluding carboxylic acids is 2. The molecule has 1 heterocycles. The summed E-state index contributed by atoms with van der Waals surface area (Å²) in [6.07, 6.45) is 39.1. The van der Waals surface area contributed by atoms with Gasteiger partial charge in [-0.05, 0) is 70.6 Å². The lowest BCUT2D eigenvalue weighted by Gasteiger charge is -2.24. The highest BCUT2D eigenvalue weighted by Crippen LogP contribution is 2.43. The minimum atomic E-state index is -4.39. The van der Waals surface area contributed by atoms with Crippen molar-refractivity contribution in [3.8, 4) is 0 Å². The molecule has 1 aliphatic rings. The van der Waals surface area contributed by atoms with Crippen LogP contribution in [0.4, 0.5) is 0 Å². The molecule has 11 heteroatoms. The summed E-state index contributed by atoms with van der Waals surface area (Å²) in [6.45, 7) is 4.28. The Hall–Kier alpha value is -2.07. The van der Waals surface area contributed by atoms with E-state index in [9.17, 15) is 19.0 Å². The Morgan fingerprint density at radius 3 is 1.93 bits per heavy atom. The van der Waals surface area contributed by atoms with Crippen LogP contribution in [0.2, 0.25) is 0 Å². The Morgan fingerprint density at radius 2 is 1.24 bits per heavy atom.